The third kappa shape index (κ3) is 3.27. The molecule has 1 heterocycles. The van der Waals surface area contributed by atoms with Crippen LogP contribution in [0.15, 0.2) is 32.0 Å². The van der Waals surface area contributed by atoms with Crippen molar-refractivity contribution in [2.75, 3.05) is 6.54 Å². The number of hydrogen-bond acceptors (Lipinski definition) is 3. The van der Waals surface area contributed by atoms with Gasteiger partial charge in [-0.15, -0.1) is 0 Å². The van der Waals surface area contributed by atoms with Crippen LogP contribution in [-0.2, 0) is 10.0 Å². The van der Waals surface area contributed by atoms with Crippen LogP contribution in [0.4, 0.5) is 0 Å². The second-order valence-electron chi connectivity index (χ2n) is 5.11. The van der Waals surface area contributed by atoms with Crippen LogP contribution in [0.25, 0.3) is 0 Å². The molecular formula is C13H18Br2N2O2S. The second-order valence-corrected chi connectivity index (χ2v) is 8.74. The molecule has 2 unspecified atom stereocenters. The summed E-state index contributed by atoms with van der Waals surface area (Å²) < 4.78 is 28.7. The highest BCUT2D eigenvalue weighted by Gasteiger charge is 2.36. The summed E-state index contributed by atoms with van der Waals surface area (Å²) in [6, 6.07) is 4.88. The number of sulfonamides is 1. The molecule has 20 heavy (non-hydrogen) atoms. The van der Waals surface area contributed by atoms with Gasteiger partial charge < -0.3 is 5.73 Å². The molecule has 2 atom stereocenters. The van der Waals surface area contributed by atoms with Gasteiger partial charge in [0.2, 0.25) is 10.0 Å². The molecule has 0 aliphatic carbocycles. The summed E-state index contributed by atoms with van der Waals surface area (Å²) in [5.41, 5.74) is 5.97. The summed E-state index contributed by atoms with van der Waals surface area (Å²) in [5, 5.41) is 0. The van der Waals surface area contributed by atoms with Crippen LogP contribution < -0.4 is 5.73 Å². The fraction of sp³-hybridized carbons (Fsp3) is 0.538. The van der Waals surface area contributed by atoms with Gasteiger partial charge in [0.1, 0.15) is 0 Å². The first-order valence-corrected chi connectivity index (χ1v) is 9.59. The van der Waals surface area contributed by atoms with Crippen molar-refractivity contribution < 1.29 is 8.42 Å². The summed E-state index contributed by atoms with van der Waals surface area (Å²) in [6.07, 6.45) is 2.73. The summed E-state index contributed by atoms with van der Waals surface area (Å²) in [7, 11) is -3.53. The Kier molecular flexibility index (Phi) is 5.29. The van der Waals surface area contributed by atoms with Crippen molar-refractivity contribution in [2.24, 2.45) is 5.73 Å². The van der Waals surface area contributed by atoms with E-state index in [0.717, 1.165) is 23.7 Å². The van der Waals surface area contributed by atoms with Gasteiger partial charge in [-0.3, -0.25) is 0 Å². The normalized spacial score (nSPS) is 22.7. The molecule has 1 aromatic rings. The van der Waals surface area contributed by atoms with E-state index in [-0.39, 0.29) is 12.1 Å². The average molecular weight is 426 g/mol. The summed E-state index contributed by atoms with van der Waals surface area (Å²) in [5.74, 6) is 0. The van der Waals surface area contributed by atoms with Gasteiger partial charge in [0, 0.05) is 27.6 Å². The van der Waals surface area contributed by atoms with Crippen LogP contribution in [0.3, 0.4) is 0 Å². The van der Waals surface area contributed by atoms with E-state index in [2.05, 4.69) is 31.9 Å². The maximum absolute atomic E-state index is 12.9. The van der Waals surface area contributed by atoms with Gasteiger partial charge in [-0.25, -0.2) is 8.42 Å². The van der Waals surface area contributed by atoms with Crippen molar-refractivity contribution in [3.05, 3.63) is 27.1 Å². The molecule has 7 heteroatoms. The van der Waals surface area contributed by atoms with Crippen LogP contribution >= 0.6 is 31.9 Å². The zero-order chi connectivity index (χ0) is 14.9. The Hall–Kier alpha value is 0.0500. The lowest BCUT2D eigenvalue weighted by molar-refractivity contribution is 0.227. The fourth-order valence-corrected chi connectivity index (χ4v) is 5.79. The van der Waals surface area contributed by atoms with Gasteiger partial charge in [-0.1, -0.05) is 22.4 Å². The van der Waals surface area contributed by atoms with Crippen LogP contribution in [-0.4, -0.2) is 31.4 Å². The molecule has 2 N–H and O–H groups in total. The first-order chi connectivity index (χ1) is 9.34. The Morgan fingerprint density at radius 3 is 2.70 bits per heavy atom. The lowest BCUT2D eigenvalue weighted by Crippen LogP contribution is -2.51. The Morgan fingerprint density at radius 2 is 2.05 bits per heavy atom. The van der Waals surface area contributed by atoms with Gasteiger partial charge in [-0.2, -0.15) is 4.31 Å². The van der Waals surface area contributed by atoms with Crippen molar-refractivity contribution in [2.45, 2.75) is 43.2 Å². The fourth-order valence-electron chi connectivity index (χ4n) is 2.56. The molecule has 0 radical (unpaired) electrons. The number of rotatable bonds is 3. The van der Waals surface area contributed by atoms with Crippen molar-refractivity contribution in [3.8, 4) is 0 Å². The van der Waals surface area contributed by atoms with E-state index in [1.54, 1.807) is 16.4 Å². The highest BCUT2D eigenvalue weighted by molar-refractivity contribution is 9.11. The Labute approximate surface area is 137 Å². The lowest BCUT2D eigenvalue weighted by atomic mass is 10.00. The highest BCUT2D eigenvalue weighted by atomic mass is 79.9. The van der Waals surface area contributed by atoms with Crippen molar-refractivity contribution >= 4 is 41.9 Å². The molecule has 1 saturated heterocycles. The Bertz CT molecular complexity index is 590. The number of nitrogens with two attached hydrogens (primary N) is 1. The van der Waals surface area contributed by atoms with Crippen molar-refractivity contribution in [3.63, 3.8) is 0 Å². The lowest BCUT2D eigenvalue weighted by Gasteiger charge is -2.37. The topological polar surface area (TPSA) is 63.4 Å². The molecule has 0 spiro atoms. The van der Waals surface area contributed by atoms with E-state index < -0.39 is 10.0 Å². The van der Waals surface area contributed by atoms with Crippen LogP contribution in [0.2, 0.25) is 0 Å². The van der Waals surface area contributed by atoms with Crippen LogP contribution in [0.1, 0.15) is 26.2 Å². The molecular weight excluding hydrogens is 408 g/mol. The van der Waals surface area contributed by atoms with Gasteiger partial charge >= 0.3 is 0 Å². The Morgan fingerprint density at radius 1 is 1.35 bits per heavy atom. The highest BCUT2D eigenvalue weighted by Crippen LogP contribution is 2.32. The summed E-state index contributed by atoms with van der Waals surface area (Å²) in [6.45, 7) is 2.40. The second kappa shape index (κ2) is 6.44. The third-order valence-corrected chi connectivity index (χ3v) is 7.00. The molecule has 0 bridgehead atoms. The molecule has 1 aromatic carbocycles. The van der Waals surface area contributed by atoms with E-state index in [9.17, 15) is 8.42 Å². The van der Waals surface area contributed by atoms with Crippen molar-refractivity contribution in [1.82, 2.24) is 4.31 Å². The minimum atomic E-state index is -3.53. The number of hydrogen-bond donors (Lipinski definition) is 1. The molecule has 0 saturated carbocycles. The van der Waals surface area contributed by atoms with Crippen LogP contribution in [0, 0.1) is 0 Å². The summed E-state index contributed by atoms with van der Waals surface area (Å²) in [4.78, 5) is 0.291. The summed E-state index contributed by atoms with van der Waals surface area (Å²) >= 11 is 6.66. The average Bonchev–Trinajstić information content (AvgIpc) is 2.41. The first-order valence-electron chi connectivity index (χ1n) is 6.56. The third-order valence-electron chi connectivity index (χ3n) is 3.59. The van der Waals surface area contributed by atoms with E-state index in [1.165, 1.54) is 0 Å². The standard InChI is InChI=1S/C13H18Br2N2O2S/c1-9(16)12-4-2-3-7-17(12)20(18,19)13-8-10(14)5-6-11(13)15/h5-6,8-9,12H,2-4,7,16H2,1H3. The zero-order valence-corrected chi connectivity index (χ0v) is 15.2. The molecule has 1 fully saturated rings. The van der Waals surface area contributed by atoms with Crippen LogP contribution in [0.5, 0.6) is 0 Å². The van der Waals surface area contributed by atoms with E-state index in [4.69, 9.17) is 5.73 Å². The van der Waals surface area contributed by atoms with Gasteiger partial charge in [0.05, 0.1) is 4.90 Å². The van der Waals surface area contributed by atoms with E-state index >= 15 is 0 Å². The van der Waals surface area contributed by atoms with E-state index in [0.29, 0.717) is 15.9 Å². The molecule has 1 aliphatic heterocycles. The number of piperidine rings is 1. The minimum absolute atomic E-state index is 0.125. The molecule has 112 valence electrons. The monoisotopic (exact) mass is 424 g/mol. The molecule has 2 rings (SSSR count). The molecule has 0 aromatic heterocycles. The predicted octanol–water partition coefficient (Wildman–Crippen LogP) is 3.10. The molecule has 0 amide bonds. The quantitative estimate of drug-likeness (QED) is 0.809. The first kappa shape index (κ1) is 16.4. The molecule has 4 nitrogen and oxygen atoms in total. The zero-order valence-electron chi connectivity index (χ0n) is 11.2. The predicted molar refractivity (Wildman–Crippen MR) is 87.0 cm³/mol. The van der Waals surface area contributed by atoms with Crippen molar-refractivity contribution in [1.29, 1.82) is 0 Å². The van der Waals surface area contributed by atoms with Gasteiger partial charge in [0.25, 0.3) is 0 Å². The number of benzene rings is 1. The largest absolute Gasteiger partial charge is 0.326 e. The maximum atomic E-state index is 12.9. The maximum Gasteiger partial charge on any atom is 0.244 e. The Balaban J connectivity index is 2.45. The van der Waals surface area contributed by atoms with E-state index in [1.807, 2.05) is 13.0 Å². The molecule has 1 aliphatic rings. The number of nitrogens with zero attached hydrogens (tertiary/aromatic N) is 1. The SMILES string of the molecule is CC(N)C1CCCCN1S(=O)(=O)c1cc(Br)ccc1Br. The minimum Gasteiger partial charge on any atom is -0.326 e. The van der Waals surface area contributed by atoms with Gasteiger partial charge in [0.15, 0.2) is 0 Å². The number of halogens is 2. The van der Waals surface area contributed by atoms with Gasteiger partial charge in [-0.05, 0) is 53.9 Å². The smallest absolute Gasteiger partial charge is 0.244 e.